The first-order chi connectivity index (χ1) is 10.9. The van der Waals surface area contributed by atoms with Crippen LogP contribution in [0.4, 0.5) is 14.5 Å². The van der Waals surface area contributed by atoms with Crippen molar-refractivity contribution < 1.29 is 18.4 Å². The topological polar surface area (TPSA) is 46.2 Å². The molecule has 1 aliphatic rings. The molecule has 118 valence electrons. The predicted molar refractivity (Wildman–Crippen MR) is 83.5 cm³/mol. The second kappa shape index (κ2) is 5.57. The average molecular weight is 315 g/mol. The van der Waals surface area contributed by atoms with Crippen LogP contribution in [-0.2, 0) is 0 Å². The summed E-state index contributed by atoms with van der Waals surface area (Å²) in [5.74, 6) is -3.27. The van der Waals surface area contributed by atoms with Gasteiger partial charge in [-0.2, -0.15) is 0 Å². The Morgan fingerprint density at radius 2 is 1.52 bits per heavy atom. The van der Waals surface area contributed by atoms with Gasteiger partial charge in [-0.3, -0.25) is 9.59 Å². The van der Waals surface area contributed by atoms with Gasteiger partial charge in [0.05, 0.1) is 5.56 Å². The van der Waals surface area contributed by atoms with Crippen molar-refractivity contribution in [2.45, 2.75) is 19.3 Å². The maximum atomic E-state index is 12.9. The van der Waals surface area contributed by atoms with E-state index in [4.69, 9.17) is 0 Å². The molecule has 0 spiro atoms. The van der Waals surface area contributed by atoms with Gasteiger partial charge in [-0.25, -0.2) is 8.78 Å². The fourth-order valence-corrected chi connectivity index (χ4v) is 2.71. The van der Waals surface area contributed by atoms with Crippen LogP contribution in [0.5, 0.6) is 0 Å². The van der Waals surface area contributed by atoms with E-state index < -0.39 is 5.92 Å². The van der Waals surface area contributed by atoms with E-state index in [1.165, 1.54) is 0 Å². The minimum atomic E-state index is -2.78. The average Bonchev–Trinajstić information content (AvgIpc) is 2.51. The fraction of sp³-hybridized carbons (Fsp3) is 0.222. The first-order valence-corrected chi connectivity index (χ1v) is 7.31. The Morgan fingerprint density at radius 3 is 2.17 bits per heavy atom. The van der Waals surface area contributed by atoms with Gasteiger partial charge in [-0.05, 0) is 13.0 Å². The molecule has 0 fully saturated rings. The van der Waals surface area contributed by atoms with Crippen LogP contribution in [0, 0.1) is 0 Å². The molecule has 0 aromatic heterocycles. The highest BCUT2D eigenvalue weighted by Crippen LogP contribution is 2.32. The molecule has 0 saturated heterocycles. The minimum absolute atomic E-state index is 0.0169. The summed E-state index contributed by atoms with van der Waals surface area (Å²) in [5.41, 5.74) is 1.71. The van der Waals surface area contributed by atoms with Crippen molar-refractivity contribution in [1.29, 1.82) is 0 Å². The fourth-order valence-electron chi connectivity index (χ4n) is 2.71. The van der Waals surface area contributed by atoms with Crippen LogP contribution in [0.3, 0.4) is 0 Å². The van der Waals surface area contributed by atoms with Gasteiger partial charge in [-0.1, -0.05) is 36.4 Å². The van der Waals surface area contributed by atoms with Gasteiger partial charge in [0.1, 0.15) is 0 Å². The van der Waals surface area contributed by atoms with Crippen molar-refractivity contribution in [1.82, 2.24) is 0 Å². The molecule has 1 N–H and O–H groups in total. The highest BCUT2D eigenvalue weighted by molar-refractivity contribution is 6.30. The Labute approximate surface area is 132 Å². The Kier molecular flexibility index (Phi) is 3.72. The molecular weight excluding hydrogens is 300 g/mol. The number of rotatable bonds is 4. The molecule has 2 aromatic carbocycles. The van der Waals surface area contributed by atoms with E-state index in [0.29, 0.717) is 22.4 Å². The van der Waals surface area contributed by atoms with Crippen LogP contribution in [0.25, 0.3) is 0 Å². The number of ketones is 2. The second-order valence-electron chi connectivity index (χ2n) is 5.68. The molecule has 3 nitrogen and oxygen atoms in total. The van der Waals surface area contributed by atoms with Crippen molar-refractivity contribution in [3.05, 3.63) is 64.7 Å². The number of hydrogen-bond acceptors (Lipinski definition) is 3. The molecule has 0 aliphatic heterocycles. The van der Waals surface area contributed by atoms with E-state index in [0.717, 1.165) is 6.92 Å². The van der Waals surface area contributed by atoms with Gasteiger partial charge < -0.3 is 5.32 Å². The number of benzene rings is 2. The summed E-state index contributed by atoms with van der Waals surface area (Å²) in [6.07, 6.45) is -0.352. The Hall–Kier alpha value is -2.56. The van der Waals surface area contributed by atoms with Gasteiger partial charge in [-0.15, -0.1) is 0 Å². The lowest BCUT2D eigenvalue weighted by atomic mass is 9.83. The van der Waals surface area contributed by atoms with Crippen LogP contribution in [0.2, 0.25) is 0 Å². The lowest BCUT2D eigenvalue weighted by Crippen LogP contribution is -2.23. The molecule has 3 rings (SSSR count). The van der Waals surface area contributed by atoms with Crippen molar-refractivity contribution in [2.75, 3.05) is 11.9 Å². The summed E-state index contributed by atoms with van der Waals surface area (Å²) in [6.45, 7) is 0.864. The predicted octanol–water partition coefficient (Wildman–Crippen LogP) is 3.92. The van der Waals surface area contributed by atoms with Crippen LogP contribution >= 0.6 is 0 Å². The highest BCUT2D eigenvalue weighted by atomic mass is 19.3. The first-order valence-electron chi connectivity index (χ1n) is 7.31. The van der Waals surface area contributed by atoms with Crippen LogP contribution in [-0.4, -0.2) is 24.0 Å². The molecule has 0 unspecified atom stereocenters. The quantitative estimate of drug-likeness (QED) is 0.794. The van der Waals surface area contributed by atoms with Gasteiger partial charge >= 0.3 is 0 Å². The number of carbonyl (C=O) groups excluding carboxylic acids is 2. The van der Waals surface area contributed by atoms with Gasteiger partial charge in [0.25, 0.3) is 0 Å². The Morgan fingerprint density at radius 1 is 0.913 bits per heavy atom. The van der Waals surface area contributed by atoms with E-state index in [1.54, 1.807) is 42.5 Å². The standard InChI is InChI=1S/C18H15F2NO2/c1-18(19,20)9-10-21-14-8-4-7-13-15(14)17(23)12-6-3-2-5-11(12)16(13)22/h2-8,21H,9-10H2,1H3. The molecular formula is C18H15F2NO2. The molecule has 23 heavy (non-hydrogen) atoms. The van der Waals surface area contributed by atoms with Crippen molar-refractivity contribution in [3.8, 4) is 0 Å². The van der Waals surface area contributed by atoms with E-state index in [1.807, 2.05) is 0 Å². The zero-order chi connectivity index (χ0) is 16.6. The normalized spacial score (nSPS) is 13.5. The van der Waals surface area contributed by atoms with Crippen molar-refractivity contribution in [3.63, 3.8) is 0 Å². The number of anilines is 1. The number of halogens is 2. The third-order valence-corrected chi connectivity index (χ3v) is 3.83. The molecule has 5 heteroatoms. The second-order valence-corrected chi connectivity index (χ2v) is 5.68. The zero-order valence-electron chi connectivity index (χ0n) is 12.5. The lowest BCUT2D eigenvalue weighted by Gasteiger charge is -2.21. The Bertz CT molecular complexity index is 794. The minimum Gasteiger partial charge on any atom is -0.384 e. The van der Waals surface area contributed by atoms with E-state index in [-0.39, 0.29) is 30.1 Å². The molecule has 0 atom stereocenters. The maximum absolute atomic E-state index is 12.9. The number of fused-ring (bicyclic) bond motifs is 2. The maximum Gasteiger partial charge on any atom is 0.247 e. The van der Waals surface area contributed by atoms with Crippen LogP contribution in [0.1, 0.15) is 45.2 Å². The largest absolute Gasteiger partial charge is 0.384 e. The highest BCUT2D eigenvalue weighted by Gasteiger charge is 2.31. The summed E-state index contributed by atoms with van der Waals surface area (Å²) in [5, 5.41) is 2.86. The first kappa shape index (κ1) is 15.3. The summed E-state index contributed by atoms with van der Waals surface area (Å²) < 4.78 is 25.9. The van der Waals surface area contributed by atoms with Gasteiger partial charge in [0, 0.05) is 35.3 Å². The van der Waals surface area contributed by atoms with Gasteiger partial charge in [0.15, 0.2) is 11.6 Å². The van der Waals surface area contributed by atoms with Crippen molar-refractivity contribution in [2.24, 2.45) is 0 Å². The summed E-state index contributed by atoms with van der Waals surface area (Å²) in [4.78, 5) is 25.2. The van der Waals surface area contributed by atoms with E-state index in [9.17, 15) is 18.4 Å². The molecule has 0 saturated carbocycles. The number of nitrogens with one attached hydrogen (secondary N) is 1. The molecule has 0 radical (unpaired) electrons. The van der Waals surface area contributed by atoms with E-state index in [2.05, 4.69) is 5.32 Å². The molecule has 0 bridgehead atoms. The summed E-state index contributed by atoms with van der Waals surface area (Å²) in [7, 11) is 0. The third kappa shape index (κ3) is 2.86. The Balaban J connectivity index is 1.98. The number of hydrogen-bond donors (Lipinski definition) is 1. The smallest absolute Gasteiger partial charge is 0.247 e. The van der Waals surface area contributed by atoms with E-state index >= 15 is 0 Å². The monoisotopic (exact) mass is 315 g/mol. The number of alkyl halides is 2. The van der Waals surface area contributed by atoms with Gasteiger partial charge in [0.2, 0.25) is 5.92 Å². The zero-order valence-corrected chi connectivity index (χ0v) is 12.5. The lowest BCUT2D eigenvalue weighted by molar-refractivity contribution is 0.0167. The number of carbonyl (C=O) groups is 2. The van der Waals surface area contributed by atoms with Crippen LogP contribution < -0.4 is 5.32 Å². The molecule has 0 amide bonds. The van der Waals surface area contributed by atoms with Crippen molar-refractivity contribution >= 4 is 17.3 Å². The van der Waals surface area contributed by atoms with Crippen LogP contribution in [0.15, 0.2) is 42.5 Å². The third-order valence-electron chi connectivity index (χ3n) is 3.83. The summed E-state index contributed by atoms with van der Waals surface area (Å²) >= 11 is 0. The molecule has 0 heterocycles. The molecule has 2 aromatic rings. The summed E-state index contributed by atoms with van der Waals surface area (Å²) in [6, 6.07) is 11.5. The SMILES string of the molecule is CC(F)(F)CCNc1cccc2c1C(=O)c1ccccc1C2=O. The molecule has 1 aliphatic carbocycles.